The molecule has 0 saturated carbocycles. The molecule has 0 atom stereocenters. The second-order valence-electron chi connectivity index (χ2n) is 3.34. The molecule has 3 nitrogen and oxygen atoms in total. The molecule has 0 unspecified atom stereocenters. The van der Waals surface area contributed by atoms with E-state index in [-0.39, 0.29) is 0 Å². The van der Waals surface area contributed by atoms with Crippen molar-refractivity contribution < 1.29 is 14.3 Å². The van der Waals surface area contributed by atoms with Gasteiger partial charge in [0.25, 0.3) is 0 Å². The number of hydrogen-bond donors (Lipinski definition) is 0. The summed E-state index contributed by atoms with van der Waals surface area (Å²) < 4.78 is 7.28. The lowest BCUT2D eigenvalue weighted by atomic mass is 10.3. The highest BCUT2D eigenvalue weighted by Crippen LogP contribution is 2.21. The summed E-state index contributed by atoms with van der Waals surface area (Å²) in [6, 6.07) is 12.8. The van der Waals surface area contributed by atoms with Gasteiger partial charge in [-0.05, 0) is 31.2 Å². The van der Waals surface area contributed by atoms with Gasteiger partial charge in [-0.2, -0.15) is 0 Å². The maximum Gasteiger partial charge on any atom is 0.422 e. The number of pyridine rings is 1. The van der Waals surface area contributed by atoms with Crippen LogP contribution < -0.4 is 14.3 Å². The molecule has 0 aliphatic carbocycles. The van der Waals surface area contributed by atoms with Crippen molar-refractivity contribution in [1.82, 2.24) is 0 Å². The minimum absolute atomic E-state index is 0.570. The highest BCUT2D eigenvalue weighted by molar-refractivity contribution is 6.30. The van der Waals surface area contributed by atoms with Crippen LogP contribution in [0.2, 0.25) is 5.02 Å². The Hall–Kier alpha value is -1.74. The van der Waals surface area contributed by atoms with Gasteiger partial charge in [0.2, 0.25) is 6.20 Å². The topological polar surface area (TPSA) is 22.3 Å². The van der Waals surface area contributed by atoms with Gasteiger partial charge >= 0.3 is 5.88 Å². The Balaban J connectivity index is 2.23. The van der Waals surface area contributed by atoms with Crippen molar-refractivity contribution in [1.29, 1.82) is 0 Å². The van der Waals surface area contributed by atoms with Gasteiger partial charge in [-0.3, -0.25) is 4.84 Å². The molecule has 1 aromatic carbocycles. The fourth-order valence-electron chi connectivity index (χ4n) is 1.39. The van der Waals surface area contributed by atoms with Gasteiger partial charge in [0.15, 0.2) is 6.61 Å². The van der Waals surface area contributed by atoms with E-state index in [1.165, 1.54) is 0 Å². The van der Waals surface area contributed by atoms with Crippen LogP contribution in [0.1, 0.15) is 6.92 Å². The van der Waals surface area contributed by atoms with Crippen molar-refractivity contribution in [2.24, 2.45) is 0 Å². The Kier molecular flexibility index (Phi) is 3.83. The van der Waals surface area contributed by atoms with Crippen LogP contribution in [0.15, 0.2) is 48.7 Å². The lowest BCUT2D eigenvalue weighted by molar-refractivity contribution is -0.892. The Labute approximate surface area is 105 Å². The van der Waals surface area contributed by atoms with Gasteiger partial charge in [0.05, 0.1) is 6.07 Å². The third-order valence-corrected chi connectivity index (χ3v) is 2.31. The van der Waals surface area contributed by atoms with Gasteiger partial charge in [-0.15, -0.1) is 0 Å². The molecule has 0 aliphatic heterocycles. The molecule has 0 bridgehead atoms. The van der Waals surface area contributed by atoms with Crippen molar-refractivity contribution in [2.75, 3.05) is 6.61 Å². The number of rotatable bonds is 4. The maximum absolute atomic E-state index is 5.89. The van der Waals surface area contributed by atoms with Crippen LogP contribution in [0.5, 0.6) is 11.6 Å². The van der Waals surface area contributed by atoms with Crippen LogP contribution in [-0.4, -0.2) is 6.61 Å². The molecule has 2 rings (SSSR count). The molecular formula is C13H13ClNO2+. The van der Waals surface area contributed by atoms with E-state index in [4.69, 9.17) is 21.2 Å². The number of hydrogen-bond acceptors (Lipinski definition) is 2. The predicted molar refractivity (Wildman–Crippen MR) is 65.3 cm³/mol. The first-order chi connectivity index (χ1) is 8.29. The molecule has 0 saturated heterocycles. The van der Waals surface area contributed by atoms with Crippen LogP contribution in [0.25, 0.3) is 0 Å². The first-order valence-corrected chi connectivity index (χ1v) is 5.75. The highest BCUT2D eigenvalue weighted by atomic mass is 35.5. The monoisotopic (exact) mass is 250 g/mol. The van der Waals surface area contributed by atoms with Crippen LogP contribution in [0.4, 0.5) is 0 Å². The standard InChI is InChI=1S/C13H13ClNO2/c1-2-16-15-9-4-3-8-13(15)17-12-7-5-6-11(14)10-12/h3-10H,2H2,1H3/q+1. The molecule has 4 heteroatoms. The molecule has 88 valence electrons. The SMILES string of the molecule is CCO[n+]1ccccc1Oc1cccc(Cl)c1. The van der Waals surface area contributed by atoms with E-state index in [1.807, 2.05) is 37.3 Å². The second kappa shape index (κ2) is 5.55. The summed E-state index contributed by atoms with van der Waals surface area (Å²) in [6.07, 6.45) is 1.80. The summed E-state index contributed by atoms with van der Waals surface area (Å²) >= 11 is 5.89. The molecule has 0 radical (unpaired) electrons. The van der Waals surface area contributed by atoms with E-state index in [2.05, 4.69) is 0 Å². The van der Waals surface area contributed by atoms with Crippen molar-refractivity contribution >= 4 is 11.6 Å². The Morgan fingerprint density at radius 3 is 2.82 bits per heavy atom. The van der Waals surface area contributed by atoms with Crippen molar-refractivity contribution in [3.63, 3.8) is 0 Å². The van der Waals surface area contributed by atoms with E-state index < -0.39 is 0 Å². The second-order valence-corrected chi connectivity index (χ2v) is 3.78. The summed E-state index contributed by atoms with van der Waals surface area (Å²) in [4.78, 5) is 5.40. The van der Waals surface area contributed by atoms with Gasteiger partial charge < -0.3 is 4.74 Å². The Morgan fingerprint density at radius 2 is 2.06 bits per heavy atom. The molecule has 1 aromatic heterocycles. The molecule has 0 fully saturated rings. The number of benzene rings is 1. The van der Waals surface area contributed by atoms with Crippen molar-refractivity contribution in [3.05, 3.63) is 53.7 Å². The van der Waals surface area contributed by atoms with E-state index in [0.717, 1.165) is 0 Å². The number of aromatic nitrogens is 1. The Morgan fingerprint density at radius 1 is 1.18 bits per heavy atom. The third kappa shape index (κ3) is 3.11. The molecule has 1 heterocycles. The highest BCUT2D eigenvalue weighted by Gasteiger charge is 2.13. The van der Waals surface area contributed by atoms with Crippen LogP contribution in [0, 0.1) is 0 Å². The van der Waals surface area contributed by atoms with Crippen LogP contribution in [0.3, 0.4) is 0 Å². The van der Waals surface area contributed by atoms with Crippen molar-refractivity contribution in [2.45, 2.75) is 6.92 Å². The fourth-order valence-corrected chi connectivity index (χ4v) is 1.57. The normalized spacial score (nSPS) is 10.0. The minimum Gasteiger partial charge on any atom is -0.402 e. The largest absolute Gasteiger partial charge is 0.422 e. The van der Waals surface area contributed by atoms with Crippen LogP contribution >= 0.6 is 11.6 Å². The molecule has 0 aliphatic rings. The van der Waals surface area contributed by atoms with Crippen LogP contribution in [-0.2, 0) is 0 Å². The Bertz CT molecular complexity index is 502. The van der Waals surface area contributed by atoms with Gasteiger partial charge in [-0.25, -0.2) is 0 Å². The van der Waals surface area contributed by atoms with Gasteiger partial charge in [0.1, 0.15) is 5.75 Å². The molecule has 17 heavy (non-hydrogen) atoms. The first-order valence-electron chi connectivity index (χ1n) is 5.37. The van der Waals surface area contributed by atoms with E-state index in [9.17, 15) is 0 Å². The zero-order valence-corrected chi connectivity index (χ0v) is 10.2. The molecule has 0 amide bonds. The van der Waals surface area contributed by atoms with Gasteiger partial charge in [-0.1, -0.05) is 17.7 Å². The minimum atomic E-state index is 0.570. The smallest absolute Gasteiger partial charge is 0.402 e. The quantitative estimate of drug-likeness (QED) is 0.779. The van der Waals surface area contributed by atoms with Gasteiger partial charge in [0, 0.05) is 15.8 Å². The summed E-state index contributed by atoms with van der Waals surface area (Å²) in [5, 5.41) is 0.640. The molecular weight excluding hydrogens is 238 g/mol. The zero-order valence-electron chi connectivity index (χ0n) is 9.47. The number of halogens is 1. The molecule has 0 N–H and O–H groups in total. The van der Waals surface area contributed by atoms with E-state index >= 15 is 0 Å². The average Bonchev–Trinajstić information content (AvgIpc) is 2.32. The maximum atomic E-state index is 5.89. The lowest BCUT2D eigenvalue weighted by Crippen LogP contribution is -2.43. The third-order valence-electron chi connectivity index (χ3n) is 2.08. The molecule has 0 spiro atoms. The first kappa shape index (κ1) is 11.7. The summed E-state index contributed by atoms with van der Waals surface area (Å²) in [5.41, 5.74) is 0. The number of ether oxygens (including phenoxy) is 1. The van der Waals surface area contributed by atoms with E-state index in [0.29, 0.717) is 23.3 Å². The van der Waals surface area contributed by atoms with E-state index in [1.54, 1.807) is 23.1 Å². The fraction of sp³-hybridized carbons (Fsp3) is 0.154. The predicted octanol–water partition coefficient (Wildman–Crippen LogP) is 2.87. The number of nitrogens with zero attached hydrogens (tertiary/aromatic N) is 1. The lowest BCUT2D eigenvalue weighted by Gasteiger charge is -2.03. The summed E-state index contributed by atoms with van der Waals surface area (Å²) in [7, 11) is 0. The average molecular weight is 251 g/mol. The summed E-state index contributed by atoms with van der Waals surface area (Å²) in [5.74, 6) is 1.29. The molecule has 2 aromatic rings. The van der Waals surface area contributed by atoms with Crippen molar-refractivity contribution in [3.8, 4) is 11.6 Å². The summed E-state index contributed by atoms with van der Waals surface area (Å²) in [6.45, 7) is 2.49. The zero-order chi connectivity index (χ0) is 12.1.